The normalized spacial score (nSPS) is 12.7. The third-order valence-corrected chi connectivity index (χ3v) is 19.6. The molecule has 3 N–H and O–H groups in total. The fourth-order valence-electron chi connectivity index (χ4n) is 13.2. The van der Waals surface area contributed by atoms with Gasteiger partial charge >= 0.3 is 5.97 Å². The van der Waals surface area contributed by atoms with Gasteiger partial charge in [0.1, 0.15) is 0 Å². The van der Waals surface area contributed by atoms with Crippen LogP contribution in [0.5, 0.6) is 0 Å². The van der Waals surface area contributed by atoms with Crippen molar-refractivity contribution in [3.63, 3.8) is 0 Å². The predicted molar refractivity (Wildman–Crippen MR) is 407 cm³/mol. The highest BCUT2D eigenvalue weighted by Gasteiger charge is 2.18. The summed E-state index contributed by atoms with van der Waals surface area (Å²) in [5.41, 5.74) is 0. The molecule has 0 bridgehead atoms. The highest BCUT2D eigenvalue weighted by molar-refractivity contribution is 5.76. The van der Waals surface area contributed by atoms with E-state index in [1.807, 2.05) is 6.08 Å². The third kappa shape index (κ3) is 76.8. The van der Waals surface area contributed by atoms with E-state index in [0.717, 1.165) is 44.9 Å². The minimum Gasteiger partial charge on any atom is -0.466 e. The molecule has 0 aliphatic heterocycles. The Kier molecular flexibility index (Phi) is 79.3. The number of nitrogens with one attached hydrogen (secondary N) is 1. The lowest BCUT2D eigenvalue weighted by atomic mass is 10.0. The van der Waals surface area contributed by atoms with Crippen LogP contribution in [0.2, 0.25) is 0 Å². The van der Waals surface area contributed by atoms with Crippen LogP contribution >= 0.6 is 0 Å². The first kappa shape index (κ1) is 89.8. The van der Waals surface area contributed by atoms with Crippen LogP contribution in [0, 0.1) is 0 Å². The van der Waals surface area contributed by atoms with Crippen molar-refractivity contribution < 1.29 is 24.5 Å². The van der Waals surface area contributed by atoms with Crippen LogP contribution in [0.4, 0.5) is 0 Å². The fourth-order valence-corrected chi connectivity index (χ4v) is 13.2. The van der Waals surface area contributed by atoms with Crippen molar-refractivity contribution in [3.8, 4) is 0 Å². The first-order chi connectivity index (χ1) is 45.5. The zero-order valence-electron chi connectivity index (χ0n) is 62.3. The number of allylic oxidation sites excluding steroid dienone is 7. The lowest BCUT2D eigenvalue weighted by molar-refractivity contribution is -0.143. The Morgan fingerprint density at radius 3 is 0.859 bits per heavy atom. The average molecular weight is 1290 g/mol. The Balaban J connectivity index is 3.33. The maximum Gasteiger partial charge on any atom is 0.305 e. The highest BCUT2D eigenvalue weighted by Crippen LogP contribution is 2.20. The zero-order valence-corrected chi connectivity index (χ0v) is 62.3. The van der Waals surface area contributed by atoms with Crippen LogP contribution in [-0.4, -0.2) is 47.4 Å². The minimum absolute atomic E-state index is 0.0191. The number of esters is 1. The molecule has 542 valence electrons. The molecule has 0 aromatic carbocycles. The third-order valence-electron chi connectivity index (χ3n) is 19.6. The van der Waals surface area contributed by atoms with Crippen molar-refractivity contribution in [2.75, 3.05) is 13.2 Å². The molecule has 0 saturated carbocycles. The van der Waals surface area contributed by atoms with E-state index in [-0.39, 0.29) is 18.5 Å². The van der Waals surface area contributed by atoms with Gasteiger partial charge < -0.3 is 20.3 Å². The number of aliphatic hydroxyl groups excluding tert-OH is 2. The Labute approximate surface area is 576 Å². The Bertz CT molecular complexity index is 1540. The van der Waals surface area contributed by atoms with E-state index in [1.54, 1.807) is 6.08 Å². The summed E-state index contributed by atoms with van der Waals surface area (Å²) in [6.45, 7) is 4.92. The first-order valence-electron chi connectivity index (χ1n) is 41.9. The molecular formula is C86H163NO5. The summed E-state index contributed by atoms with van der Waals surface area (Å²) >= 11 is 0. The number of hydrogen-bond donors (Lipinski definition) is 3. The van der Waals surface area contributed by atoms with Crippen molar-refractivity contribution in [2.24, 2.45) is 0 Å². The van der Waals surface area contributed by atoms with Crippen molar-refractivity contribution in [1.29, 1.82) is 0 Å². The largest absolute Gasteiger partial charge is 0.466 e. The predicted octanol–water partition coefficient (Wildman–Crippen LogP) is 27.9. The van der Waals surface area contributed by atoms with Gasteiger partial charge in [-0.25, -0.2) is 0 Å². The Hall–Kier alpha value is -2.18. The molecule has 1 amide bonds. The van der Waals surface area contributed by atoms with Gasteiger partial charge in [-0.1, -0.05) is 409 Å². The molecule has 0 saturated heterocycles. The summed E-state index contributed by atoms with van der Waals surface area (Å²) in [6, 6.07) is -0.625. The second-order valence-corrected chi connectivity index (χ2v) is 28.8. The maximum absolute atomic E-state index is 12.5. The second kappa shape index (κ2) is 81.2. The standard InChI is InChI=1S/C86H163NO5/c1-3-5-7-9-11-13-15-17-19-21-43-48-52-56-60-64-68-72-76-80-86(91)92-81-77-73-69-65-61-57-53-49-45-42-40-38-36-34-32-30-28-26-24-22-23-25-27-29-31-33-35-37-39-41-44-47-51-55-59-63-67-71-75-79-85(90)87-83(82-88)84(89)78-74-70-66-62-58-54-50-46-20-18-16-14-12-10-8-6-4-2/h11,13,17,19,22-23,74,78,83-84,88-89H,3-10,12,14-16,18,20-21,24-73,75-77,79-82H2,1-2H3,(H,87,90)/b13-11-,19-17-,23-22-,78-74+. The van der Waals surface area contributed by atoms with E-state index in [9.17, 15) is 19.8 Å². The number of rotatable bonds is 79. The molecule has 2 atom stereocenters. The highest BCUT2D eigenvalue weighted by atomic mass is 16.5. The van der Waals surface area contributed by atoms with E-state index in [1.165, 1.54) is 392 Å². The summed E-state index contributed by atoms with van der Waals surface area (Å²) in [4.78, 5) is 24.7. The number of hydrogen-bond acceptors (Lipinski definition) is 5. The van der Waals surface area contributed by atoms with Gasteiger partial charge in [-0.15, -0.1) is 0 Å². The number of carbonyl (C=O) groups is 2. The average Bonchev–Trinajstić information content (AvgIpc) is 3.60. The fraction of sp³-hybridized carbons (Fsp3) is 0.884. The van der Waals surface area contributed by atoms with Gasteiger partial charge in [0.15, 0.2) is 0 Å². The van der Waals surface area contributed by atoms with Gasteiger partial charge in [0.2, 0.25) is 5.91 Å². The zero-order chi connectivity index (χ0) is 66.3. The molecule has 0 heterocycles. The number of amides is 1. The molecule has 92 heavy (non-hydrogen) atoms. The lowest BCUT2D eigenvalue weighted by Crippen LogP contribution is -2.45. The minimum atomic E-state index is -0.842. The molecule has 2 unspecified atom stereocenters. The molecule has 0 aliphatic carbocycles. The van der Waals surface area contributed by atoms with Gasteiger partial charge in [0.05, 0.1) is 25.4 Å². The van der Waals surface area contributed by atoms with Crippen LogP contribution in [-0.2, 0) is 14.3 Å². The molecule has 0 spiro atoms. The first-order valence-corrected chi connectivity index (χ1v) is 41.9. The van der Waals surface area contributed by atoms with E-state index in [0.29, 0.717) is 19.4 Å². The van der Waals surface area contributed by atoms with E-state index in [2.05, 4.69) is 55.6 Å². The van der Waals surface area contributed by atoms with Crippen molar-refractivity contribution >= 4 is 11.9 Å². The van der Waals surface area contributed by atoms with Gasteiger partial charge in [0.25, 0.3) is 0 Å². The van der Waals surface area contributed by atoms with E-state index < -0.39 is 12.1 Å². The molecule has 0 aromatic rings. The number of carbonyl (C=O) groups excluding carboxylic acids is 2. The molecule has 0 aromatic heterocycles. The molecule has 6 nitrogen and oxygen atoms in total. The summed E-state index contributed by atoms with van der Waals surface area (Å²) in [5, 5.41) is 23.2. The number of unbranched alkanes of at least 4 members (excludes halogenated alkanes) is 62. The van der Waals surface area contributed by atoms with Crippen LogP contribution < -0.4 is 5.32 Å². The maximum atomic E-state index is 12.5. The summed E-state index contributed by atoms with van der Waals surface area (Å²) < 4.78 is 5.52. The van der Waals surface area contributed by atoms with Crippen LogP contribution in [0.1, 0.15) is 463 Å². The van der Waals surface area contributed by atoms with Crippen molar-refractivity contribution in [1.82, 2.24) is 5.32 Å². The van der Waals surface area contributed by atoms with E-state index in [4.69, 9.17) is 4.74 Å². The van der Waals surface area contributed by atoms with Crippen molar-refractivity contribution in [3.05, 3.63) is 48.6 Å². The summed E-state index contributed by atoms with van der Waals surface area (Å²) in [5.74, 6) is -0.0411. The van der Waals surface area contributed by atoms with Gasteiger partial charge in [0, 0.05) is 12.8 Å². The van der Waals surface area contributed by atoms with Gasteiger partial charge in [-0.05, 0) is 89.9 Å². The monoisotopic (exact) mass is 1290 g/mol. The summed E-state index contributed by atoms with van der Waals surface area (Å²) in [6.07, 6.45) is 108. The van der Waals surface area contributed by atoms with Crippen LogP contribution in [0.3, 0.4) is 0 Å². The molecule has 0 fully saturated rings. The second-order valence-electron chi connectivity index (χ2n) is 28.8. The number of ether oxygens (including phenoxy) is 1. The Morgan fingerprint density at radius 2 is 0.543 bits per heavy atom. The topological polar surface area (TPSA) is 95.9 Å². The Morgan fingerprint density at radius 1 is 0.304 bits per heavy atom. The van der Waals surface area contributed by atoms with Crippen molar-refractivity contribution in [2.45, 2.75) is 475 Å². The summed E-state index contributed by atoms with van der Waals surface area (Å²) in [7, 11) is 0. The smallest absolute Gasteiger partial charge is 0.305 e. The van der Waals surface area contributed by atoms with Gasteiger partial charge in [-0.2, -0.15) is 0 Å². The molecule has 0 rings (SSSR count). The molecule has 0 radical (unpaired) electrons. The molecule has 0 aliphatic rings. The van der Waals surface area contributed by atoms with Crippen LogP contribution in [0.25, 0.3) is 0 Å². The number of aliphatic hydroxyl groups is 2. The lowest BCUT2D eigenvalue weighted by Gasteiger charge is -2.20. The molecular weight excluding hydrogens is 1130 g/mol. The van der Waals surface area contributed by atoms with Gasteiger partial charge in [-0.3, -0.25) is 9.59 Å². The van der Waals surface area contributed by atoms with E-state index >= 15 is 0 Å². The quantitative estimate of drug-likeness (QED) is 0.0320. The van der Waals surface area contributed by atoms with Crippen LogP contribution in [0.15, 0.2) is 48.6 Å². The molecule has 6 heteroatoms. The SMILES string of the molecule is CCCCC/C=C\C/C=C\CCCCCCCCCCCC(=O)OCCCCCCCCCCCCCCCCCCCC/C=C\CCCCCCCCCCCCCCCCCCCC(=O)NC(CO)C(O)/C=C/CCCCCCCCCCCCCCCCC.